The number of methoxy groups -OCH3 is 1. The van der Waals surface area contributed by atoms with Crippen molar-refractivity contribution in [1.82, 2.24) is 9.32 Å². The van der Waals surface area contributed by atoms with Gasteiger partial charge >= 0.3 is 0 Å². The highest BCUT2D eigenvalue weighted by molar-refractivity contribution is 7.90. The van der Waals surface area contributed by atoms with Gasteiger partial charge in [-0.15, -0.1) is 11.3 Å². The highest BCUT2D eigenvalue weighted by Crippen LogP contribution is 2.39. The van der Waals surface area contributed by atoms with E-state index < -0.39 is 9.84 Å². The lowest BCUT2D eigenvalue weighted by molar-refractivity contribution is 0.0589. The molecule has 0 unspecified atom stereocenters. The van der Waals surface area contributed by atoms with Crippen LogP contribution in [0.3, 0.4) is 0 Å². The summed E-state index contributed by atoms with van der Waals surface area (Å²) in [5.41, 5.74) is 2.64. The van der Waals surface area contributed by atoms with E-state index in [0.717, 1.165) is 52.5 Å². The van der Waals surface area contributed by atoms with Gasteiger partial charge in [0.1, 0.15) is 10.6 Å². The minimum Gasteiger partial charge on any atom is -0.496 e. The van der Waals surface area contributed by atoms with Crippen molar-refractivity contribution in [3.8, 4) is 16.9 Å². The van der Waals surface area contributed by atoms with Crippen LogP contribution in [0.4, 0.5) is 0 Å². The molecule has 216 valence electrons. The molecule has 6 nitrogen and oxygen atoms in total. The SMILES string of the molecule is COc1ccc(-c2ccc(S(C)(=O)=O)cc2)cc1CN(C(=O)c1sc2ccccc2c1Cl)C1CCC(N(C)Cl)CC1. The number of carbonyl (C=O) groups excluding carboxylic acids is 1. The zero-order chi connectivity index (χ0) is 29.3. The zero-order valence-electron chi connectivity index (χ0n) is 23.1. The van der Waals surface area contributed by atoms with Crippen molar-refractivity contribution in [2.75, 3.05) is 20.4 Å². The Labute approximate surface area is 255 Å². The first-order valence-electron chi connectivity index (χ1n) is 13.4. The standard InChI is InChI=1S/C31H32Cl2N2O4S2/c1-34(33)23-11-13-24(14-12-23)35(31(36)30-29(32)26-6-4-5-7-28(26)40-30)19-22-18-21(10-17-27(22)39-2)20-8-15-25(16-9-20)41(3,37)38/h4-10,15-18,23-24H,11-14,19H2,1-3H3. The average molecular weight is 632 g/mol. The molecule has 1 aliphatic carbocycles. The van der Waals surface area contributed by atoms with Gasteiger partial charge in [-0.2, -0.15) is 0 Å². The molecule has 0 bridgehead atoms. The van der Waals surface area contributed by atoms with Crippen LogP contribution in [-0.4, -0.2) is 56.1 Å². The monoisotopic (exact) mass is 630 g/mol. The number of hydrogen-bond donors (Lipinski definition) is 0. The number of thiophene rings is 1. The van der Waals surface area contributed by atoms with Crippen LogP contribution in [0.25, 0.3) is 21.2 Å². The summed E-state index contributed by atoms with van der Waals surface area (Å²) in [6.45, 7) is 0.341. The first-order valence-corrected chi connectivity index (χ1v) is 16.8. The van der Waals surface area contributed by atoms with Crippen LogP contribution in [0, 0.1) is 0 Å². The van der Waals surface area contributed by atoms with Crippen molar-refractivity contribution in [2.45, 2.75) is 49.2 Å². The van der Waals surface area contributed by atoms with Crippen molar-refractivity contribution in [3.05, 3.63) is 82.2 Å². The fourth-order valence-electron chi connectivity index (χ4n) is 5.53. The Kier molecular flexibility index (Phi) is 8.97. The second-order valence-corrected chi connectivity index (χ2v) is 14.5. The summed E-state index contributed by atoms with van der Waals surface area (Å²) in [4.78, 5) is 17.0. The Morgan fingerprint density at radius 3 is 2.22 bits per heavy atom. The number of amides is 1. The maximum absolute atomic E-state index is 14.3. The molecule has 0 saturated heterocycles. The minimum absolute atomic E-state index is 0.0130. The normalized spacial score (nSPS) is 17.6. The molecule has 0 N–H and O–H groups in total. The van der Waals surface area contributed by atoms with E-state index in [1.807, 2.05) is 54.4 Å². The summed E-state index contributed by atoms with van der Waals surface area (Å²) in [7, 11) is 0.208. The Hall–Kier alpha value is -2.62. The van der Waals surface area contributed by atoms with Crippen molar-refractivity contribution in [3.63, 3.8) is 0 Å². The van der Waals surface area contributed by atoms with Crippen LogP contribution in [0.1, 0.15) is 40.9 Å². The van der Waals surface area contributed by atoms with E-state index in [0.29, 0.717) is 22.2 Å². The maximum Gasteiger partial charge on any atom is 0.266 e. The predicted octanol–water partition coefficient (Wildman–Crippen LogP) is 7.67. The van der Waals surface area contributed by atoms with Crippen molar-refractivity contribution < 1.29 is 17.9 Å². The molecule has 3 aromatic carbocycles. The number of halogens is 2. The minimum atomic E-state index is -3.29. The summed E-state index contributed by atoms with van der Waals surface area (Å²) in [5, 5.41) is 1.37. The van der Waals surface area contributed by atoms with Gasteiger partial charge in [0.15, 0.2) is 9.84 Å². The Balaban J connectivity index is 1.51. The summed E-state index contributed by atoms with van der Waals surface area (Å²) < 4.78 is 32.3. The average Bonchev–Trinajstić information content (AvgIpc) is 3.31. The molecule has 1 heterocycles. The quantitative estimate of drug-likeness (QED) is 0.187. The molecule has 1 saturated carbocycles. The molecule has 4 aromatic rings. The fraction of sp³-hybridized carbons (Fsp3) is 0.323. The number of fused-ring (bicyclic) bond motifs is 1. The molecular weight excluding hydrogens is 599 g/mol. The third-order valence-electron chi connectivity index (χ3n) is 7.84. The van der Waals surface area contributed by atoms with Gasteiger partial charge in [0, 0.05) is 47.6 Å². The van der Waals surface area contributed by atoms with Gasteiger partial charge in [0.05, 0.1) is 17.0 Å². The summed E-state index contributed by atoms with van der Waals surface area (Å²) in [6, 6.07) is 20.7. The molecule has 5 rings (SSSR count). The van der Waals surface area contributed by atoms with E-state index in [2.05, 4.69) is 0 Å². The Morgan fingerprint density at radius 1 is 0.976 bits per heavy atom. The van der Waals surface area contributed by atoms with Crippen LogP contribution >= 0.6 is 34.7 Å². The van der Waals surface area contributed by atoms with E-state index in [1.165, 1.54) is 17.6 Å². The maximum atomic E-state index is 14.3. The lowest BCUT2D eigenvalue weighted by Gasteiger charge is -2.38. The van der Waals surface area contributed by atoms with Crippen LogP contribution in [0.2, 0.25) is 5.02 Å². The van der Waals surface area contributed by atoms with Gasteiger partial charge in [-0.3, -0.25) is 4.79 Å². The number of carbonyl (C=O) groups is 1. The molecule has 0 spiro atoms. The Bertz CT molecular complexity index is 1660. The number of hydrogen-bond acceptors (Lipinski definition) is 6. The molecule has 1 aliphatic rings. The van der Waals surface area contributed by atoms with Crippen molar-refractivity contribution in [2.24, 2.45) is 0 Å². The lowest BCUT2D eigenvalue weighted by atomic mass is 9.89. The fourth-order valence-corrected chi connectivity index (χ4v) is 7.83. The molecule has 1 fully saturated rings. The lowest BCUT2D eigenvalue weighted by Crippen LogP contribution is -2.44. The molecule has 10 heteroatoms. The van der Waals surface area contributed by atoms with Gasteiger partial charge in [-0.25, -0.2) is 12.8 Å². The van der Waals surface area contributed by atoms with Gasteiger partial charge in [0.2, 0.25) is 0 Å². The molecular formula is C31H32Cl2N2O4S2. The largest absolute Gasteiger partial charge is 0.496 e. The highest BCUT2D eigenvalue weighted by Gasteiger charge is 2.33. The van der Waals surface area contributed by atoms with Gasteiger partial charge < -0.3 is 9.64 Å². The van der Waals surface area contributed by atoms with Crippen LogP contribution < -0.4 is 4.74 Å². The van der Waals surface area contributed by atoms with Crippen molar-refractivity contribution >= 4 is 60.5 Å². The second kappa shape index (κ2) is 12.3. The van der Waals surface area contributed by atoms with Crippen LogP contribution in [0.5, 0.6) is 5.75 Å². The molecule has 1 amide bonds. The molecule has 0 aliphatic heterocycles. The predicted molar refractivity (Wildman–Crippen MR) is 168 cm³/mol. The summed E-state index contributed by atoms with van der Waals surface area (Å²) in [5.74, 6) is 0.583. The summed E-state index contributed by atoms with van der Waals surface area (Å²) >= 11 is 14.5. The first-order chi connectivity index (χ1) is 19.6. The van der Waals surface area contributed by atoms with Crippen molar-refractivity contribution in [1.29, 1.82) is 0 Å². The number of nitrogens with zero attached hydrogens (tertiary/aromatic N) is 2. The van der Waals surface area contributed by atoms with Crippen LogP contribution in [-0.2, 0) is 16.4 Å². The third kappa shape index (κ3) is 6.42. The second-order valence-electron chi connectivity index (χ2n) is 10.5. The number of sulfone groups is 1. The molecule has 0 radical (unpaired) electrons. The smallest absolute Gasteiger partial charge is 0.266 e. The number of benzene rings is 3. The van der Waals surface area contributed by atoms with Gasteiger partial charge in [-0.05, 0) is 78.9 Å². The number of ether oxygens (including phenoxy) is 1. The van der Waals surface area contributed by atoms with E-state index in [4.69, 9.17) is 28.1 Å². The molecule has 41 heavy (non-hydrogen) atoms. The third-order valence-corrected chi connectivity index (χ3v) is 10.9. The zero-order valence-corrected chi connectivity index (χ0v) is 26.3. The van der Waals surface area contributed by atoms with Gasteiger partial charge in [-0.1, -0.05) is 48.0 Å². The van der Waals surface area contributed by atoms with E-state index in [-0.39, 0.29) is 22.9 Å². The topological polar surface area (TPSA) is 66.9 Å². The van der Waals surface area contributed by atoms with E-state index in [9.17, 15) is 13.2 Å². The van der Waals surface area contributed by atoms with Crippen LogP contribution in [0.15, 0.2) is 71.6 Å². The number of rotatable bonds is 8. The molecule has 0 atom stereocenters. The Morgan fingerprint density at radius 2 is 1.61 bits per heavy atom. The van der Waals surface area contributed by atoms with E-state index >= 15 is 0 Å². The summed E-state index contributed by atoms with van der Waals surface area (Å²) in [6.07, 6.45) is 4.62. The van der Waals surface area contributed by atoms with Gasteiger partial charge in [0.25, 0.3) is 5.91 Å². The first kappa shape index (κ1) is 29.9. The van der Waals surface area contributed by atoms with E-state index in [1.54, 1.807) is 35.8 Å². The molecule has 1 aromatic heterocycles. The highest BCUT2D eigenvalue weighted by atomic mass is 35.5.